The second kappa shape index (κ2) is 7.00. The quantitative estimate of drug-likeness (QED) is 0.720. The summed E-state index contributed by atoms with van der Waals surface area (Å²) in [5.41, 5.74) is 1.21. The van der Waals surface area contributed by atoms with E-state index in [9.17, 15) is 9.18 Å². The summed E-state index contributed by atoms with van der Waals surface area (Å²) in [6, 6.07) is 15.0. The molecule has 0 unspecified atom stereocenters. The van der Waals surface area contributed by atoms with Gasteiger partial charge in [0.05, 0.1) is 6.54 Å². The molecule has 5 nitrogen and oxygen atoms in total. The maximum Gasteiger partial charge on any atom is 0.254 e. The number of halogens is 1. The van der Waals surface area contributed by atoms with E-state index in [4.69, 9.17) is 9.15 Å². The Morgan fingerprint density at radius 2 is 1.92 bits per heavy atom. The van der Waals surface area contributed by atoms with Gasteiger partial charge in [-0.2, -0.15) is 0 Å². The molecule has 0 aliphatic carbocycles. The van der Waals surface area contributed by atoms with Crippen LogP contribution in [0.5, 0.6) is 5.75 Å². The number of carbonyl (C=O) groups excluding carboxylic acids is 1. The molecule has 1 aliphatic rings. The van der Waals surface area contributed by atoms with Crippen LogP contribution in [-0.2, 0) is 19.6 Å². The van der Waals surface area contributed by atoms with Crippen LogP contribution in [0.1, 0.15) is 27.7 Å². The van der Waals surface area contributed by atoms with Crippen LogP contribution in [-0.4, -0.2) is 22.3 Å². The van der Waals surface area contributed by atoms with Gasteiger partial charge in [0.25, 0.3) is 5.91 Å². The first-order valence-electron chi connectivity index (χ1n) is 8.39. The molecule has 0 N–H and O–H groups in total. The van der Waals surface area contributed by atoms with Crippen LogP contribution in [0.2, 0.25) is 0 Å². The number of aromatic nitrogens is 1. The Morgan fingerprint density at radius 1 is 1.15 bits per heavy atom. The summed E-state index contributed by atoms with van der Waals surface area (Å²) >= 11 is 0. The Hall–Kier alpha value is -3.15. The molecule has 0 fully saturated rings. The van der Waals surface area contributed by atoms with Crippen molar-refractivity contribution < 1.29 is 18.3 Å². The van der Waals surface area contributed by atoms with Crippen molar-refractivity contribution in [2.75, 3.05) is 6.54 Å². The Morgan fingerprint density at radius 3 is 2.69 bits per heavy atom. The molecule has 1 aromatic heterocycles. The highest BCUT2D eigenvalue weighted by molar-refractivity contribution is 5.94. The van der Waals surface area contributed by atoms with Crippen LogP contribution in [0.15, 0.2) is 59.0 Å². The molecule has 2 aromatic carbocycles. The minimum absolute atomic E-state index is 0.138. The first-order valence-corrected chi connectivity index (χ1v) is 8.39. The Balaban J connectivity index is 1.43. The molecule has 0 atom stereocenters. The van der Waals surface area contributed by atoms with E-state index in [1.807, 2.05) is 30.3 Å². The van der Waals surface area contributed by atoms with E-state index >= 15 is 0 Å². The molecule has 4 rings (SSSR count). The summed E-state index contributed by atoms with van der Waals surface area (Å²) in [6.45, 7) is 1.15. The molecule has 132 valence electrons. The van der Waals surface area contributed by atoms with E-state index in [1.54, 1.807) is 4.90 Å². The largest absolute Gasteiger partial charge is 0.484 e. The van der Waals surface area contributed by atoms with Crippen molar-refractivity contribution in [1.82, 2.24) is 9.88 Å². The summed E-state index contributed by atoms with van der Waals surface area (Å²) in [7, 11) is 0. The second-order valence-electron chi connectivity index (χ2n) is 6.06. The van der Waals surface area contributed by atoms with E-state index in [1.165, 1.54) is 24.3 Å². The maximum absolute atomic E-state index is 13.0. The molecule has 1 amide bonds. The van der Waals surface area contributed by atoms with Crippen molar-refractivity contribution in [2.24, 2.45) is 0 Å². The predicted octanol–water partition coefficient (Wildman–Crippen LogP) is 3.59. The van der Waals surface area contributed by atoms with Gasteiger partial charge >= 0.3 is 0 Å². The van der Waals surface area contributed by atoms with Crippen molar-refractivity contribution in [3.63, 3.8) is 0 Å². The fraction of sp³-hybridized carbons (Fsp3) is 0.200. The van der Waals surface area contributed by atoms with Gasteiger partial charge < -0.3 is 14.1 Å². The summed E-state index contributed by atoms with van der Waals surface area (Å²) in [5.74, 6) is 1.54. The predicted molar refractivity (Wildman–Crippen MR) is 92.1 cm³/mol. The van der Waals surface area contributed by atoms with E-state index in [0.717, 1.165) is 17.2 Å². The summed E-state index contributed by atoms with van der Waals surface area (Å²) in [4.78, 5) is 18.7. The first-order chi connectivity index (χ1) is 12.7. The van der Waals surface area contributed by atoms with Crippen LogP contribution < -0.4 is 4.74 Å². The number of carbonyl (C=O) groups is 1. The zero-order valence-electron chi connectivity index (χ0n) is 14.0. The molecule has 0 saturated heterocycles. The number of fused-ring (bicyclic) bond motifs is 1. The molecule has 0 spiro atoms. The van der Waals surface area contributed by atoms with Crippen LogP contribution in [0, 0.1) is 5.82 Å². The molecule has 3 aromatic rings. The topological polar surface area (TPSA) is 55.6 Å². The lowest BCUT2D eigenvalue weighted by molar-refractivity contribution is 0.0727. The monoisotopic (exact) mass is 352 g/mol. The summed E-state index contributed by atoms with van der Waals surface area (Å²) in [5, 5.41) is 0. The molecule has 6 heteroatoms. The van der Waals surface area contributed by atoms with Crippen LogP contribution >= 0.6 is 0 Å². The van der Waals surface area contributed by atoms with Crippen molar-refractivity contribution in [3.8, 4) is 5.75 Å². The number of ether oxygens (including phenoxy) is 1. The second-order valence-corrected chi connectivity index (χ2v) is 6.06. The van der Waals surface area contributed by atoms with Gasteiger partial charge in [-0.05, 0) is 36.4 Å². The Bertz CT molecular complexity index is 907. The number of rotatable bonds is 4. The van der Waals surface area contributed by atoms with E-state index < -0.39 is 0 Å². The molecule has 0 radical (unpaired) electrons. The Kier molecular flexibility index (Phi) is 4.39. The average molecular weight is 352 g/mol. The lowest BCUT2D eigenvalue weighted by Crippen LogP contribution is -2.35. The number of para-hydroxylation sites is 1. The fourth-order valence-corrected chi connectivity index (χ4v) is 2.92. The number of amides is 1. The van der Waals surface area contributed by atoms with Gasteiger partial charge in [0.15, 0.2) is 6.61 Å². The highest BCUT2D eigenvalue weighted by atomic mass is 19.1. The number of hydrogen-bond donors (Lipinski definition) is 0. The van der Waals surface area contributed by atoms with Gasteiger partial charge in [0, 0.05) is 18.5 Å². The summed E-state index contributed by atoms with van der Waals surface area (Å²) < 4.78 is 24.4. The highest BCUT2D eigenvalue weighted by Crippen LogP contribution is 2.22. The number of benzene rings is 2. The van der Waals surface area contributed by atoms with Crippen molar-refractivity contribution in [1.29, 1.82) is 0 Å². The minimum atomic E-state index is -0.359. The SMILES string of the molecule is O=C(c1ccc(F)cc1)N1CCc2oc(COc3ccccc3)nc2C1. The number of nitrogens with zero attached hydrogens (tertiary/aromatic N) is 2. The van der Waals surface area contributed by atoms with Gasteiger partial charge in [0.1, 0.15) is 23.0 Å². The minimum Gasteiger partial charge on any atom is -0.484 e. The van der Waals surface area contributed by atoms with Crippen molar-refractivity contribution >= 4 is 5.91 Å². The zero-order chi connectivity index (χ0) is 17.9. The van der Waals surface area contributed by atoms with Gasteiger partial charge in [0.2, 0.25) is 5.89 Å². The normalized spacial score (nSPS) is 13.3. The van der Waals surface area contributed by atoms with Crippen molar-refractivity contribution in [3.05, 3.63) is 83.3 Å². The molecule has 1 aliphatic heterocycles. The van der Waals surface area contributed by atoms with Gasteiger partial charge in [-0.25, -0.2) is 9.37 Å². The molecule has 0 bridgehead atoms. The van der Waals surface area contributed by atoms with Crippen molar-refractivity contribution in [2.45, 2.75) is 19.6 Å². The third-order valence-corrected chi connectivity index (χ3v) is 4.26. The zero-order valence-corrected chi connectivity index (χ0v) is 14.0. The van der Waals surface area contributed by atoms with E-state index in [0.29, 0.717) is 31.0 Å². The van der Waals surface area contributed by atoms with Crippen LogP contribution in [0.4, 0.5) is 4.39 Å². The molecular formula is C20H17FN2O3. The third-order valence-electron chi connectivity index (χ3n) is 4.26. The molecular weight excluding hydrogens is 335 g/mol. The number of oxazole rings is 1. The van der Waals surface area contributed by atoms with E-state index in [-0.39, 0.29) is 18.3 Å². The lowest BCUT2D eigenvalue weighted by Gasteiger charge is -2.25. The number of hydrogen-bond acceptors (Lipinski definition) is 4. The van der Waals surface area contributed by atoms with E-state index in [2.05, 4.69) is 4.98 Å². The van der Waals surface area contributed by atoms with Gasteiger partial charge in [-0.3, -0.25) is 4.79 Å². The third kappa shape index (κ3) is 3.44. The average Bonchev–Trinajstić information content (AvgIpc) is 3.09. The molecule has 0 saturated carbocycles. The fourth-order valence-electron chi connectivity index (χ4n) is 2.92. The van der Waals surface area contributed by atoms with Gasteiger partial charge in [-0.15, -0.1) is 0 Å². The summed E-state index contributed by atoms with van der Waals surface area (Å²) in [6.07, 6.45) is 0.598. The lowest BCUT2D eigenvalue weighted by atomic mass is 10.1. The highest BCUT2D eigenvalue weighted by Gasteiger charge is 2.26. The molecule has 2 heterocycles. The Labute approximate surface area is 150 Å². The maximum atomic E-state index is 13.0. The van der Waals surface area contributed by atoms with Crippen LogP contribution in [0.25, 0.3) is 0 Å². The van der Waals surface area contributed by atoms with Gasteiger partial charge in [-0.1, -0.05) is 18.2 Å². The standard InChI is InChI=1S/C20H17FN2O3/c21-15-8-6-14(7-9-15)20(24)23-11-10-18-17(12-23)22-19(26-18)13-25-16-4-2-1-3-5-16/h1-9H,10-13H2. The smallest absolute Gasteiger partial charge is 0.254 e. The molecule has 26 heavy (non-hydrogen) atoms. The van der Waals surface area contributed by atoms with Crippen LogP contribution in [0.3, 0.4) is 0 Å². The first kappa shape index (κ1) is 16.3.